The maximum atomic E-state index is 12.7. The number of furan rings is 1. The van der Waals surface area contributed by atoms with Crippen molar-refractivity contribution in [2.45, 2.75) is 25.3 Å². The number of methoxy groups -OCH3 is 1. The van der Waals surface area contributed by atoms with E-state index in [2.05, 4.69) is 24.7 Å². The largest absolute Gasteiger partial charge is 0.486 e. The van der Waals surface area contributed by atoms with Crippen molar-refractivity contribution >= 4 is 33.5 Å². The lowest BCUT2D eigenvalue weighted by molar-refractivity contribution is 0.0600. The fourth-order valence-electron chi connectivity index (χ4n) is 3.40. The van der Waals surface area contributed by atoms with Gasteiger partial charge >= 0.3 is 5.97 Å². The Morgan fingerprint density at radius 3 is 2.21 bits per heavy atom. The summed E-state index contributed by atoms with van der Waals surface area (Å²) >= 11 is 0. The Hall–Kier alpha value is -4.71. The number of sulfonamides is 1. The molecule has 0 aliphatic carbocycles. The minimum Gasteiger partial charge on any atom is -0.486 e. The van der Waals surface area contributed by atoms with Crippen LogP contribution in [0.25, 0.3) is 0 Å². The monoisotopic (exact) mass is 536 g/mol. The lowest BCUT2D eigenvalue weighted by atomic mass is 10.2. The first-order valence-corrected chi connectivity index (χ1v) is 12.8. The summed E-state index contributed by atoms with van der Waals surface area (Å²) in [5, 5.41) is 2.65. The number of carbonyl (C=O) groups excluding carboxylic acids is 2. The highest BCUT2D eigenvalue weighted by Crippen LogP contribution is 2.19. The molecule has 2 N–H and O–H groups in total. The van der Waals surface area contributed by atoms with Crippen LogP contribution in [0.2, 0.25) is 0 Å². The lowest BCUT2D eigenvalue weighted by Gasteiger charge is -2.09. The molecule has 0 fully saturated rings. The van der Waals surface area contributed by atoms with Gasteiger partial charge in [0, 0.05) is 17.1 Å². The zero-order valence-corrected chi connectivity index (χ0v) is 21.5. The molecule has 4 aromatic rings. The van der Waals surface area contributed by atoms with Crippen molar-refractivity contribution in [3.05, 3.63) is 95.2 Å². The van der Waals surface area contributed by atoms with Gasteiger partial charge in [0.15, 0.2) is 5.76 Å². The molecule has 2 aromatic heterocycles. The topological polar surface area (TPSA) is 150 Å². The number of carbonyl (C=O) groups is 2. The maximum absolute atomic E-state index is 12.7. The van der Waals surface area contributed by atoms with E-state index in [1.54, 1.807) is 50.2 Å². The number of hydrogen-bond donors (Lipinski definition) is 2. The fourth-order valence-corrected chi connectivity index (χ4v) is 4.34. The first-order chi connectivity index (χ1) is 18.1. The molecule has 0 saturated carbocycles. The van der Waals surface area contributed by atoms with E-state index in [1.807, 2.05) is 0 Å². The smallest absolute Gasteiger partial charge is 0.337 e. The van der Waals surface area contributed by atoms with Crippen LogP contribution >= 0.6 is 0 Å². The first-order valence-electron chi connectivity index (χ1n) is 11.3. The number of benzene rings is 2. The molecule has 38 heavy (non-hydrogen) atoms. The second-order valence-electron chi connectivity index (χ2n) is 8.13. The van der Waals surface area contributed by atoms with Crippen LogP contribution in [0.3, 0.4) is 0 Å². The summed E-state index contributed by atoms with van der Waals surface area (Å²) < 4.78 is 43.5. The normalized spacial score (nSPS) is 11.0. The van der Waals surface area contributed by atoms with Crippen molar-refractivity contribution in [3.63, 3.8) is 0 Å². The minimum absolute atomic E-state index is 0.0179. The van der Waals surface area contributed by atoms with E-state index in [0.29, 0.717) is 34.1 Å². The van der Waals surface area contributed by atoms with Gasteiger partial charge in [0.25, 0.3) is 15.9 Å². The zero-order valence-electron chi connectivity index (χ0n) is 20.7. The number of esters is 1. The quantitative estimate of drug-likeness (QED) is 0.301. The first kappa shape index (κ1) is 26.4. The number of anilines is 2. The molecule has 0 radical (unpaired) electrons. The second kappa shape index (κ2) is 11.1. The van der Waals surface area contributed by atoms with Gasteiger partial charge in [-0.2, -0.15) is 0 Å². The van der Waals surface area contributed by atoms with E-state index in [4.69, 9.17) is 9.15 Å². The van der Waals surface area contributed by atoms with Crippen molar-refractivity contribution < 1.29 is 31.9 Å². The molecular formula is C26H24N4O7S. The molecule has 12 heteroatoms. The van der Waals surface area contributed by atoms with E-state index < -0.39 is 21.9 Å². The van der Waals surface area contributed by atoms with E-state index in [-0.39, 0.29) is 23.2 Å². The molecule has 0 atom stereocenters. The van der Waals surface area contributed by atoms with Gasteiger partial charge in [0.05, 0.1) is 17.6 Å². The van der Waals surface area contributed by atoms with Crippen LogP contribution in [-0.4, -0.2) is 37.4 Å². The molecule has 1 amide bonds. The molecule has 0 bridgehead atoms. The van der Waals surface area contributed by atoms with Gasteiger partial charge in [0.2, 0.25) is 5.95 Å². The van der Waals surface area contributed by atoms with Crippen LogP contribution in [0.5, 0.6) is 5.75 Å². The van der Waals surface area contributed by atoms with Gasteiger partial charge in [-0.25, -0.2) is 27.9 Å². The van der Waals surface area contributed by atoms with Crippen LogP contribution in [0.1, 0.15) is 38.1 Å². The second-order valence-corrected chi connectivity index (χ2v) is 9.81. The number of nitrogens with one attached hydrogen (secondary N) is 2. The Labute approximate surface area is 218 Å². The number of hydrogen-bond acceptors (Lipinski definition) is 9. The highest BCUT2D eigenvalue weighted by molar-refractivity contribution is 7.92. The molecular weight excluding hydrogens is 512 g/mol. The minimum atomic E-state index is -3.92. The van der Waals surface area contributed by atoms with Gasteiger partial charge < -0.3 is 19.2 Å². The summed E-state index contributed by atoms with van der Waals surface area (Å²) in [6.45, 7) is 3.55. The summed E-state index contributed by atoms with van der Waals surface area (Å²) in [6.07, 6.45) is 0. The number of amides is 1. The number of aryl methyl sites for hydroxylation is 2. The van der Waals surface area contributed by atoms with Gasteiger partial charge in [-0.1, -0.05) is 0 Å². The Morgan fingerprint density at radius 2 is 1.58 bits per heavy atom. The summed E-state index contributed by atoms with van der Waals surface area (Å²) in [5.74, 6) is -0.0122. The van der Waals surface area contributed by atoms with Gasteiger partial charge in [-0.3, -0.25) is 4.79 Å². The lowest BCUT2D eigenvalue weighted by Crippen LogP contribution is -2.16. The summed E-state index contributed by atoms with van der Waals surface area (Å²) in [4.78, 5) is 32.2. The molecule has 0 aliphatic rings. The fraction of sp³-hybridized carbons (Fsp3) is 0.154. The molecule has 11 nitrogen and oxygen atoms in total. The van der Waals surface area contributed by atoms with Crippen molar-refractivity contribution in [1.29, 1.82) is 0 Å². The van der Waals surface area contributed by atoms with E-state index >= 15 is 0 Å². The Morgan fingerprint density at radius 1 is 0.921 bits per heavy atom. The van der Waals surface area contributed by atoms with Crippen molar-refractivity contribution in [1.82, 2.24) is 9.97 Å². The Bertz CT molecular complexity index is 1540. The highest BCUT2D eigenvalue weighted by Gasteiger charge is 2.17. The van der Waals surface area contributed by atoms with Crippen LogP contribution in [0, 0.1) is 13.8 Å². The third kappa shape index (κ3) is 6.53. The van der Waals surface area contributed by atoms with Crippen LogP contribution in [-0.2, 0) is 21.4 Å². The zero-order chi connectivity index (χ0) is 27.3. The van der Waals surface area contributed by atoms with Gasteiger partial charge in [0.1, 0.15) is 18.1 Å². The average Bonchev–Trinajstić information content (AvgIpc) is 3.36. The third-order valence-electron chi connectivity index (χ3n) is 5.17. The number of ether oxygens (including phenoxy) is 2. The van der Waals surface area contributed by atoms with Gasteiger partial charge in [-0.15, -0.1) is 0 Å². The number of rotatable bonds is 9. The SMILES string of the molecule is COC(=O)c1ccc(OCc2ccc(C(=O)Nc3ccc(S(=O)(=O)Nc4nc(C)cc(C)n4)cc3)o2)cc1. The van der Waals surface area contributed by atoms with Gasteiger partial charge in [-0.05, 0) is 80.6 Å². The summed E-state index contributed by atoms with van der Waals surface area (Å²) in [5.41, 5.74) is 2.04. The third-order valence-corrected chi connectivity index (χ3v) is 6.52. The molecule has 0 unspecified atom stereocenters. The summed E-state index contributed by atoms with van der Waals surface area (Å²) in [7, 11) is -2.62. The summed E-state index contributed by atoms with van der Waals surface area (Å²) in [6, 6.07) is 16.9. The van der Waals surface area contributed by atoms with E-state index in [1.165, 1.54) is 37.4 Å². The molecule has 0 saturated heterocycles. The predicted octanol–water partition coefficient (Wildman–Crippen LogP) is 4.11. The molecule has 2 aromatic carbocycles. The van der Waals surface area contributed by atoms with Crippen LogP contribution in [0.15, 0.2) is 76.0 Å². The van der Waals surface area contributed by atoms with Crippen molar-refractivity contribution in [3.8, 4) is 5.75 Å². The highest BCUT2D eigenvalue weighted by atomic mass is 32.2. The average molecular weight is 537 g/mol. The van der Waals surface area contributed by atoms with Crippen molar-refractivity contribution in [2.24, 2.45) is 0 Å². The standard InChI is InChI=1S/C26H24N4O7S/c1-16-14-17(2)28-26(27-16)30-38(33,34)22-11-6-19(7-12-22)29-24(31)23-13-10-21(37-23)15-36-20-8-4-18(5-9-20)25(32)35-3/h4-14H,15H2,1-3H3,(H,29,31)(H,27,28,30). The molecule has 2 heterocycles. The Kier molecular flexibility index (Phi) is 7.72. The maximum Gasteiger partial charge on any atom is 0.337 e. The molecule has 4 rings (SSSR count). The molecule has 0 spiro atoms. The predicted molar refractivity (Wildman–Crippen MR) is 138 cm³/mol. The van der Waals surface area contributed by atoms with Crippen LogP contribution < -0.4 is 14.8 Å². The Balaban J connectivity index is 1.34. The van der Waals surface area contributed by atoms with E-state index in [9.17, 15) is 18.0 Å². The van der Waals surface area contributed by atoms with Crippen LogP contribution in [0.4, 0.5) is 11.6 Å². The molecule has 0 aliphatic heterocycles. The van der Waals surface area contributed by atoms with Crippen molar-refractivity contribution in [2.75, 3.05) is 17.1 Å². The molecule has 196 valence electrons. The van der Waals surface area contributed by atoms with E-state index in [0.717, 1.165) is 0 Å². The number of aromatic nitrogens is 2. The number of nitrogens with zero attached hydrogens (tertiary/aromatic N) is 2.